The Balaban J connectivity index is 2.83. The Morgan fingerprint density at radius 3 is 2.72 bits per heavy atom. The van der Waals surface area contributed by atoms with E-state index in [0.717, 1.165) is 0 Å². The van der Waals surface area contributed by atoms with Gasteiger partial charge in [-0.3, -0.25) is 4.79 Å². The minimum atomic E-state index is -0.679. The molecule has 1 aromatic heterocycles. The number of nitrogens with two attached hydrogens (primary N) is 1. The summed E-state index contributed by atoms with van der Waals surface area (Å²) in [6, 6.07) is 7.16. The average molecular weight is 246 g/mol. The third kappa shape index (κ3) is 1.73. The van der Waals surface area contributed by atoms with Crippen molar-refractivity contribution >= 4 is 22.6 Å². The molecule has 0 spiro atoms. The molecule has 0 saturated heterocycles. The highest BCUT2D eigenvalue weighted by Crippen LogP contribution is 2.22. The van der Waals surface area contributed by atoms with Crippen molar-refractivity contribution in [2.75, 3.05) is 12.3 Å². The second-order valence-electron chi connectivity index (χ2n) is 3.89. The maximum atomic E-state index is 12.1. The molecule has 0 bridgehead atoms. The number of aromatic nitrogens is 1. The molecule has 0 radical (unpaired) electrons. The van der Waals surface area contributed by atoms with Gasteiger partial charge < -0.3 is 15.0 Å². The summed E-state index contributed by atoms with van der Waals surface area (Å²) in [5.41, 5.74) is 6.23. The maximum Gasteiger partial charge on any atom is 0.345 e. The van der Waals surface area contributed by atoms with E-state index in [1.165, 1.54) is 4.57 Å². The molecule has 0 aliphatic heterocycles. The number of nitrogens with zero attached hydrogens (tertiary/aromatic N) is 1. The quantitative estimate of drug-likeness (QED) is 0.810. The van der Waals surface area contributed by atoms with Gasteiger partial charge >= 0.3 is 5.97 Å². The number of hydrogen-bond acceptors (Lipinski definition) is 4. The van der Waals surface area contributed by atoms with Crippen molar-refractivity contribution in [3.8, 4) is 0 Å². The number of nitrogen functional groups attached to an aromatic ring is 1. The van der Waals surface area contributed by atoms with Crippen LogP contribution < -0.4 is 11.3 Å². The number of aryl methyl sites for hydroxylation is 1. The number of para-hydroxylation sites is 1. The Morgan fingerprint density at radius 2 is 2.06 bits per heavy atom. The number of benzene rings is 1. The van der Waals surface area contributed by atoms with E-state index in [1.54, 1.807) is 32.2 Å². The van der Waals surface area contributed by atoms with Crippen LogP contribution in [0.3, 0.4) is 0 Å². The number of fused-ring (bicyclic) bond motifs is 1. The third-order valence-corrected chi connectivity index (χ3v) is 2.82. The normalized spacial score (nSPS) is 10.6. The van der Waals surface area contributed by atoms with Crippen LogP contribution in [0, 0.1) is 0 Å². The van der Waals surface area contributed by atoms with Gasteiger partial charge in [-0.1, -0.05) is 18.2 Å². The van der Waals surface area contributed by atoms with Crippen molar-refractivity contribution in [2.45, 2.75) is 6.92 Å². The molecule has 18 heavy (non-hydrogen) atoms. The first-order chi connectivity index (χ1) is 8.57. The Labute approximate surface area is 104 Å². The molecule has 0 unspecified atom stereocenters. The molecule has 0 saturated carbocycles. The molecular formula is C13H14N2O3. The van der Waals surface area contributed by atoms with Gasteiger partial charge in [-0.05, 0) is 13.0 Å². The Morgan fingerprint density at radius 1 is 1.39 bits per heavy atom. The fraction of sp³-hybridized carbons (Fsp3) is 0.231. The van der Waals surface area contributed by atoms with Crippen molar-refractivity contribution in [3.63, 3.8) is 0 Å². The van der Waals surface area contributed by atoms with Crippen LogP contribution in [0.2, 0.25) is 0 Å². The highest BCUT2D eigenvalue weighted by Gasteiger charge is 2.20. The van der Waals surface area contributed by atoms with Crippen molar-refractivity contribution in [1.29, 1.82) is 0 Å². The molecule has 0 amide bonds. The number of esters is 1. The molecule has 1 aromatic carbocycles. The van der Waals surface area contributed by atoms with Crippen LogP contribution >= 0.6 is 0 Å². The molecule has 0 aliphatic carbocycles. The van der Waals surface area contributed by atoms with E-state index >= 15 is 0 Å². The fourth-order valence-electron chi connectivity index (χ4n) is 1.92. The molecule has 0 atom stereocenters. The van der Waals surface area contributed by atoms with Gasteiger partial charge in [0.05, 0.1) is 17.8 Å². The lowest BCUT2D eigenvalue weighted by Gasteiger charge is -2.11. The first-order valence-corrected chi connectivity index (χ1v) is 5.62. The summed E-state index contributed by atoms with van der Waals surface area (Å²) in [6.07, 6.45) is 0. The van der Waals surface area contributed by atoms with Gasteiger partial charge in [0.25, 0.3) is 5.56 Å². The van der Waals surface area contributed by atoms with Gasteiger partial charge in [0.1, 0.15) is 5.56 Å². The van der Waals surface area contributed by atoms with E-state index in [2.05, 4.69) is 0 Å². The lowest BCUT2D eigenvalue weighted by Crippen LogP contribution is -2.27. The van der Waals surface area contributed by atoms with E-state index < -0.39 is 11.5 Å². The van der Waals surface area contributed by atoms with Gasteiger partial charge in [0.15, 0.2) is 0 Å². The van der Waals surface area contributed by atoms with Crippen LogP contribution in [0.15, 0.2) is 29.1 Å². The number of hydrogen-bond donors (Lipinski definition) is 1. The van der Waals surface area contributed by atoms with E-state index in [9.17, 15) is 9.59 Å². The highest BCUT2D eigenvalue weighted by atomic mass is 16.5. The molecule has 5 heteroatoms. The van der Waals surface area contributed by atoms with E-state index in [1.807, 2.05) is 6.07 Å². The van der Waals surface area contributed by atoms with Crippen LogP contribution in [0.4, 0.5) is 5.69 Å². The predicted octanol–water partition coefficient (Wildman–Crippen LogP) is 1.30. The van der Waals surface area contributed by atoms with E-state index in [0.29, 0.717) is 10.9 Å². The van der Waals surface area contributed by atoms with Crippen molar-refractivity contribution in [1.82, 2.24) is 4.57 Å². The molecule has 1 heterocycles. The third-order valence-electron chi connectivity index (χ3n) is 2.82. The minimum absolute atomic E-state index is 0.0990. The van der Waals surface area contributed by atoms with Crippen LogP contribution in [-0.4, -0.2) is 17.1 Å². The van der Waals surface area contributed by atoms with Crippen LogP contribution in [0.5, 0.6) is 0 Å². The predicted molar refractivity (Wildman–Crippen MR) is 69.6 cm³/mol. The number of carbonyl (C=O) groups excluding carboxylic acids is 1. The molecule has 94 valence electrons. The van der Waals surface area contributed by atoms with Gasteiger partial charge in [-0.2, -0.15) is 0 Å². The molecule has 0 aliphatic rings. The highest BCUT2D eigenvalue weighted by molar-refractivity contribution is 6.04. The van der Waals surface area contributed by atoms with Gasteiger partial charge in [0, 0.05) is 12.4 Å². The topological polar surface area (TPSA) is 74.3 Å². The fourth-order valence-corrected chi connectivity index (χ4v) is 1.92. The lowest BCUT2D eigenvalue weighted by atomic mass is 10.1. The first-order valence-electron chi connectivity index (χ1n) is 5.62. The molecule has 2 N–H and O–H groups in total. The number of ether oxygens (including phenoxy) is 1. The van der Waals surface area contributed by atoms with Gasteiger partial charge in [-0.15, -0.1) is 0 Å². The van der Waals surface area contributed by atoms with E-state index in [4.69, 9.17) is 10.5 Å². The lowest BCUT2D eigenvalue weighted by molar-refractivity contribution is 0.0525. The smallest absolute Gasteiger partial charge is 0.345 e. The van der Waals surface area contributed by atoms with Crippen molar-refractivity contribution in [3.05, 3.63) is 40.2 Å². The van der Waals surface area contributed by atoms with E-state index in [-0.39, 0.29) is 17.9 Å². The zero-order valence-corrected chi connectivity index (χ0v) is 10.3. The van der Waals surface area contributed by atoms with Crippen molar-refractivity contribution < 1.29 is 9.53 Å². The Hall–Kier alpha value is -2.30. The summed E-state index contributed by atoms with van der Waals surface area (Å²) in [6.45, 7) is 1.88. The number of anilines is 1. The standard InChI is InChI=1S/C13H14N2O3/c1-3-18-13(17)10-11(14)8-6-4-5-7-9(8)15(2)12(10)16/h4-7H,3,14H2,1-2H3. The first kappa shape index (κ1) is 12.2. The van der Waals surface area contributed by atoms with Gasteiger partial charge in [-0.25, -0.2) is 4.79 Å². The summed E-state index contributed by atoms with van der Waals surface area (Å²) >= 11 is 0. The molecule has 2 rings (SSSR count). The van der Waals surface area contributed by atoms with Crippen LogP contribution in [0.25, 0.3) is 10.9 Å². The van der Waals surface area contributed by atoms with Crippen LogP contribution in [-0.2, 0) is 11.8 Å². The van der Waals surface area contributed by atoms with Gasteiger partial charge in [0.2, 0.25) is 0 Å². The number of pyridine rings is 1. The molecular weight excluding hydrogens is 232 g/mol. The zero-order valence-electron chi connectivity index (χ0n) is 10.3. The Bertz CT molecular complexity index is 674. The summed E-state index contributed by atoms with van der Waals surface area (Å²) < 4.78 is 6.26. The largest absolute Gasteiger partial charge is 0.462 e. The summed E-state index contributed by atoms with van der Waals surface area (Å²) in [4.78, 5) is 23.9. The second kappa shape index (κ2) is 4.52. The summed E-state index contributed by atoms with van der Waals surface area (Å²) in [5, 5.41) is 0.669. The SMILES string of the molecule is CCOC(=O)c1c(N)c2ccccc2n(C)c1=O. The van der Waals surface area contributed by atoms with Crippen LogP contribution in [0.1, 0.15) is 17.3 Å². The summed E-state index contributed by atoms with van der Waals surface area (Å²) in [5.74, 6) is -0.679. The number of rotatable bonds is 2. The zero-order chi connectivity index (χ0) is 13.3. The minimum Gasteiger partial charge on any atom is -0.462 e. The maximum absolute atomic E-state index is 12.1. The molecule has 0 fully saturated rings. The average Bonchev–Trinajstić information content (AvgIpc) is 2.37. The Kier molecular flexibility index (Phi) is 3.06. The monoisotopic (exact) mass is 246 g/mol. The van der Waals surface area contributed by atoms with Crippen molar-refractivity contribution in [2.24, 2.45) is 7.05 Å². The summed E-state index contributed by atoms with van der Waals surface area (Å²) in [7, 11) is 1.60. The number of carbonyl (C=O) groups is 1. The molecule has 5 nitrogen and oxygen atoms in total. The molecule has 2 aromatic rings. The second-order valence-corrected chi connectivity index (χ2v) is 3.89.